The zero-order valence-corrected chi connectivity index (χ0v) is 21.0. The van der Waals surface area contributed by atoms with Crippen LogP contribution in [0.1, 0.15) is 63.6 Å². The molecule has 0 N–H and O–H groups in total. The van der Waals surface area contributed by atoms with E-state index in [0.717, 1.165) is 11.1 Å². The van der Waals surface area contributed by atoms with Crippen molar-refractivity contribution in [3.05, 3.63) is 53.5 Å². The second kappa shape index (κ2) is 8.73. The second-order valence-corrected chi connectivity index (χ2v) is 10.6. The molecule has 1 aliphatic rings. The average Bonchev–Trinajstić information content (AvgIpc) is 3.20. The van der Waals surface area contributed by atoms with Gasteiger partial charge in [-0.05, 0) is 63.9 Å². The number of amides is 2. The molecule has 0 aliphatic carbocycles. The van der Waals surface area contributed by atoms with Crippen LogP contribution in [0.2, 0.25) is 0 Å². The largest absolute Gasteiger partial charge is 0.449 e. The molecule has 4 rings (SSSR count). The number of halogens is 2. The van der Waals surface area contributed by atoms with Gasteiger partial charge in [0.25, 0.3) is 11.8 Å². The Morgan fingerprint density at radius 3 is 2.34 bits per heavy atom. The molecule has 0 saturated carbocycles. The van der Waals surface area contributed by atoms with Crippen LogP contribution in [0.15, 0.2) is 40.8 Å². The molecule has 3 heterocycles. The standard InChI is InChI=1S/C27H31F2N3O3/c1-16(2)19-13-20(17-7-9-18(28)10-8-17)30-21-14-22(35-23(19)21)24(33)32-12-11-31(15-26(32,3)4)25(34)27(5,6)29/h7-10,13-14,16H,11-12,15H2,1-6H3. The maximum Gasteiger partial charge on any atom is 0.290 e. The van der Waals surface area contributed by atoms with E-state index in [1.54, 1.807) is 23.1 Å². The number of alkyl halides is 1. The maximum absolute atomic E-state index is 14.2. The summed E-state index contributed by atoms with van der Waals surface area (Å²) >= 11 is 0. The lowest BCUT2D eigenvalue weighted by atomic mass is 9.96. The highest BCUT2D eigenvalue weighted by Crippen LogP contribution is 2.33. The second-order valence-electron chi connectivity index (χ2n) is 10.6. The minimum atomic E-state index is -1.97. The van der Waals surface area contributed by atoms with E-state index in [2.05, 4.69) is 4.98 Å². The fraction of sp³-hybridized carbons (Fsp3) is 0.444. The Balaban J connectivity index is 1.67. The lowest BCUT2D eigenvalue weighted by molar-refractivity contribution is -0.146. The van der Waals surface area contributed by atoms with Gasteiger partial charge in [-0.1, -0.05) is 13.8 Å². The zero-order chi connectivity index (χ0) is 25.7. The van der Waals surface area contributed by atoms with Crippen molar-refractivity contribution in [1.82, 2.24) is 14.8 Å². The summed E-state index contributed by atoms with van der Waals surface area (Å²) < 4.78 is 33.7. The third-order valence-electron chi connectivity index (χ3n) is 6.42. The fourth-order valence-electron chi connectivity index (χ4n) is 4.56. The Bertz CT molecular complexity index is 1270. The highest BCUT2D eigenvalue weighted by molar-refractivity contribution is 5.97. The van der Waals surface area contributed by atoms with Gasteiger partial charge < -0.3 is 14.2 Å². The molecule has 0 atom stereocenters. The van der Waals surface area contributed by atoms with Crippen LogP contribution >= 0.6 is 0 Å². The lowest BCUT2D eigenvalue weighted by Crippen LogP contribution is -2.63. The molecule has 0 spiro atoms. The molecule has 3 aromatic rings. The summed E-state index contributed by atoms with van der Waals surface area (Å²) in [5, 5.41) is 0. The van der Waals surface area contributed by atoms with Crippen LogP contribution < -0.4 is 0 Å². The zero-order valence-electron chi connectivity index (χ0n) is 21.0. The highest BCUT2D eigenvalue weighted by atomic mass is 19.1. The van der Waals surface area contributed by atoms with Gasteiger partial charge in [-0.25, -0.2) is 13.8 Å². The van der Waals surface area contributed by atoms with Crippen LogP contribution in [0.25, 0.3) is 22.4 Å². The molecule has 0 unspecified atom stereocenters. The Labute approximate surface area is 203 Å². The van der Waals surface area contributed by atoms with Crippen molar-refractivity contribution < 1.29 is 22.8 Å². The number of pyridine rings is 1. The molecule has 2 aromatic heterocycles. The van der Waals surface area contributed by atoms with Crippen LogP contribution in [0.3, 0.4) is 0 Å². The molecule has 1 aromatic carbocycles. The summed E-state index contributed by atoms with van der Waals surface area (Å²) in [5.41, 5.74) is 0.729. The molecular formula is C27H31F2N3O3. The van der Waals surface area contributed by atoms with Gasteiger partial charge in [0.15, 0.2) is 17.0 Å². The quantitative estimate of drug-likeness (QED) is 0.487. The van der Waals surface area contributed by atoms with Crippen molar-refractivity contribution in [2.24, 2.45) is 0 Å². The van der Waals surface area contributed by atoms with Crippen molar-refractivity contribution in [2.75, 3.05) is 19.6 Å². The van der Waals surface area contributed by atoms with E-state index in [1.165, 1.54) is 30.9 Å². The number of benzene rings is 1. The van der Waals surface area contributed by atoms with Gasteiger partial charge >= 0.3 is 0 Å². The van der Waals surface area contributed by atoms with Gasteiger partial charge in [-0.2, -0.15) is 0 Å². The average molecular weight is 484 g/mol. The predicted octanol–water partition coefficient (Wildman–Crippen LogP) is 5.57. The number of rotatable bonds is 4. The van der Waals surface area contributed by atoms with Crippen molar-refractivity contribution >= 4 is 22.9 Å². The van der Waals surface area contributed by atoms with Crippen LogP contribution in [0, 0.1) is 5.82 Å². The van der Waals surface area contributed by atoms with Crippen LogP contribution in [0.5, 0.6) is 0 Å². The number of carbonyl (C=O) groups excluding carboxylic acids is 2. The first-order valence-corrected chi connectivity index (χ1v) is 11.8. The molecule has 186 valence electrons. The molecule has 1 fully saturated rings. The molecule has 1 aliphatic heterocycles. The summed E-state index contributed by atoms with van der Waals surface area (Å²) in [7, 11) is 0. The van der Waals surface area contributed by atoms with E-state index in [9.17, 15) is 18.4 Å². The van der Waals surface area contributed by atoms with E-state index in [4.69, 9.17) is 4.42 Å². The smallest absolute Gasteiger partial charge is 0.290 e. The molecular weight excluding hydrogens is 452 g/mol. The van der Waals surface area contributed by atoms with Gasteiger partial charge in [0.1, 0.15) is 11.3 Å². The third kappa shape index (κ3) is 4.79. The normalized spacial score (nSPS) is 16.3. The number of nitrogens with zero attached hydrogens (tertiary/aromatic N) is 3. The first-order chi connectivity index (χ1) is 16.3. The Kier molecular flexibility index (Phi) is 6.19. The first-order valence-electron chi connectivity index (χ1n) is 11.8. The molecule has 8 heteroatoms. The van der Waals surface area contributed by atoms with Gasteiger partial charge in [0.05, 0.1) is 11.2 Å². The van der Waals surface area contributed by atoms with Gasteiger partial charge in [-0.3, -0.25) is 9.59 Å². The van der Waals surface area contributed by atoms with E-state index in [0.29, 0.717) is 16.8 Å². The minimum absolute atomic E-state index is 0.101. The van der Waals surface area contributed by atoms with E-state index in [1.807, 2.05) is 33.8 Å². The molecule has 35 heavy (non-hydrogen) atoms. The van der Waals surface area contributed by atoms with Crippen LogP contribution in [-0.2, 0) is 4.79 Å². The monoisotopic (exact) mass is 483 g/mol. The van der Waals surface area contributed by atoms with Gasteiger partial charge in [0.2, 0.25) is 0 Å². The van der Waals surface area contributed by atoms with E-state index < -0.39 is 17.1 Å². The van der Waals surface area contributed by atoms with Crippen LogP contribution in [-0.4, -0.2) is 57.4 Å². The Morgan fingerprint density at radius 2 is 1.77 bits per heavy atom. The highest BCUT2D eigenvalue weighted by Gasteiger charge is 2.42. The molecule has 2 amide bonds. The maximum atomic E-state index is 14.2. The van der Waals surface area contributed by atoms with Crippen molar-refractivity contribution in [1.29, 1.82) is 0 Å². The number of carbonyl (C=O) groups is 2. The molecule has 1 saturated heterocycles. The molecule has 0 bridgehead atoms. The van der Waals surface area contributed by atoms with Gasteiger partial charge in [0, 0.05) is 36.8 Å². The minimum Gasteiger partial charge on any atom is -0.449 e. The predicted molar refractivity (Wildman–Crippen MR) is 130 cm³/mol. The van der Waals surface area contributed by atoms with E-state index in [-0.39, 0.29) is 43.0 Å². The molecule has 6 nitrogen and oxygen atoms in total. The van der Waals surface area contributed by atoms with Crippen LogP contribution in [0.4, 0.5) is 8.78 Å². The molecule has 0 radical (unpaired) electrons. The Morgan fingerprint density at radius 1 is 1.11 bits per heavy atom. The summed E-state index contributed by atoms with van der Waals surface area (Å²) in [6.45, 7) is 11.0. The number of piperazine rings is 1. The summed E-state index contributed by atoms with van der Waals surface area (Å²) in [5.74, 6) is -0.957. The Hall–Kier alpha value is -3.29. The topological polar surface area (TPSA) is 66.7 Å². The lowest BCUT2D eigenvalue weighted by Gasteiger charge is -2.47. The van der Waals surface area contributed by atoms with Crippen molar-refractivity contribution in [3.63, 3.8) is 0 Å². The first kappa shape index (κ1) is 24.8. The number of aromatic nitrogens is 1. The van der Waals surface area contributed by atoms with Crippen molar-refractivity contribution in [2.45, 2.75) is 58.7 Å². The van der Waals surface area contributed by atoms with Crippen molar-refractivity contribution in [3.8, 4) is 11.3 Å². The van der Waals surface area contributed by atoms with Gasteiger partial charge in [-0.15, -0.1) is 0 Å². The number of furan rings is 1. The summed E-state index contributed by atoms with van der Waals surface area (Å²) in [4.78, 5) is 33.8. The SMILES string of the molecule is CC(C)c1cc(-c2ccc(F)cc2)nc2cc(C(=O)N3CCN(C(=O)C(C)(C)F)CC3(C)C)oc12. The fourth-order valence-corrected chi connectivity index (χ4v) is 4.56. The summed E-state index contributed by atoms with van der Waals surface area (Å²) in [6.07, 6.45) is 0. The summed E-state index contributed by atoms with van der Waals surface area (Å²) in [6, 6.07) is 9.65. The van der Waals surface area contributed by atoms with E-state index >= 15 is 0 Å². The number of fused-ring (bicyclic) bond motifs is 1. The number of hydrogen-bond acceptors (Lipinski definition) is 4. The third-order valence-corrected chi connectivity index (χ3v) is 6.42. The number of hydrogen-bond donors (Lipinski definition) is 0.